The average molecular weight is 518 g/mol. The number of benzene rings is 3. The summed E-state index contributed by atoms with van der Waals surface area (Å²) >= 11 is 0. The first-order chi connectivity index (χ1) is 19.3. The maximum absolute atomic E-state index is 13.5. The van der Waals surface area contributed by atoms with E-state index in [0.29, 0.717) is 5.91 Å². The highest BCUT2D eigenvalue weighted by atomic mass is 16.2. The predicted octanol–water partition coefficient (Wildman–Crippen LogP) is 5.29. The van der Waals surface area contributed by atoms with Gasteiger partial charge in [-0.25, -0.2) is 0 Å². The smallest absolute Gasteiger partial charge is 0.225 e. The summed E-state index contributed by atoms with van der Waals surface area (Å²) < 4.78 is 0. The van der Waals surface area contributed by atoms with Gasteiger partial charge in [-0.05, 0) is 36.1 Å². The number of aromatic nitrogens is 2. The Hall–Kier alpha value is -4.03. The molecule has 0 unspecified atom stereocenters. The lowest BCUT2D eigenvalue weighted by molar-refractivity contribution is -0.138. The third-order valence-electron chi connectivity index (χ3n) is 8.11. The standard InChI is InChI=1S/C33H35N5O/c39-33(29-18-20-36(21-19-29)31-17-16-30(34-35-31)26-10-4-1-5-11-26)38-24-22-37(23-25-38)32(27-12-6-2-7-13-27)28-14-8-3-9-15-28/h1-17,29,32H,18-25H2. The summed E-state index contributed by atoms with van der Waals surface area (Å²) in [5, 5.41) is 8.93. The first-order valence-corrected chi connectivity index (χ1v) is 14.0. The molecule has 2 fully saturated rings. The second-order valence-corrected chi connectivity index (χ2v) is 10.5. The number of hydrogen-bond acceptors (Lipinski definition) is 5. The molecule has 0 spiro atoms. The Morgan fingerprint density at radius 1 is 0.641 bits per heavy atom. The molecule has 0 atom stereocenters. The van der Waals surface area contributed by atoms with Crippen molar-refractivity contribution in [2.24, 2.45) is 5.92 Å². The first kappa shape index (κ1) is 25.3. The van der Waals surface area contributed by atoms with Crippen molar-refractivity contribution in [3.05, 3.63) is 114 Å². The lowest BCUT2D eigenvalue weighted by Crippen LogP contribution is -2.52. The molecule has 0 saturated carbocycles. The van der Waals surface area contributed by atoms with Crippen LogP contribution >= 0.6 is 0 Å². The highest BCUT2D eigenvalue weighted by Crippen LogP contribution is 2.30. The Morgan fingerprint density at radius 2 is 1.21 bits per heavy atom. The lowest BCUT2D eigenvalue weighted by atomic mass is 9.94. The van der Waals surface area contributed by atoms with E-state index < -0.39 is 0 Å². The Labute approximate surface area is 230 Å². The number of amides is 1. The summed E-state index contributed by atoms with van der Waals surface area (Å²) in [6, 6.07) is 35.8. The van der Waals surface area contributed by atoms with Gasteiger partial charge in [-0.3, -0.25) is 9.69 Å². The number of piperidine rings is 1. The lowest BCUT2D eigenvalue weighted by Gasteiger charge is -2.41. The van der Waals surface area contributed by atoms with Crippen LogP contribution in [0, 0.1) is 5.92 Å². The molecule has 6 rings (SSSR count). The molecule has 0 aliphatic carbocycles. The van der Waals surface area contributed by atoms with E-state index in [2.05, 4.69) is 85.6 Å². The van der Waals surface area contributed by atoms with Gasteiger partial charge in [0, 0.05) is 50.7 Å². The number of carbonyl (C=O) groups excluding carboxylic acids is 1. The van der Waals surface area contributed by atoms with Gasteiger partial charge in [0.15, 0.2) is 5.82 Å². The molecule has 1 aromatic heterocycles. The number of anilines is 1. The number of hydrogen-bond donors (Lipinski definition) is 0. The molecule has 6 nitrogen and oxygen atoms in total. The fourth-order valence-electron chi connectivity index (χ4n) is 5.96. The zero-order valence-corrected chi connectivity index (χ0v) is 22.3. The molecule has 39 heavy (non-hydrogen) atoms. The molecule has 1 amide bonds. The van der Waals surface area contributed by atoms with Gasteiger partial charge < -0.3 is 9.80 Å². The highest BCUT2D eigenvalue weighted by Gasteiger charge is 2.33. The van der Waals surface area contributed by atoms with Crippen LogP contribution in [0.25, 0.3) is 11.3 Å². The zero-order chi connectivity index (χ0) is 26.4. The maximum atomic E-state index is 13.5. The number of piperazine rings is 1. The van der Waals surface area contributed by atoms with Crippen LogP contribution in [0.5, 0.6) is 0 Å². The monoisotopic (exact) mass is 517 g/mol. The van der Waals surface area contributed by atoms with Crippen molar-refractivity contribution in [3.63, 3.8) is 0 Å². The van der Waals surface area contributed by atoms with Gasteiger partial charge in [-0.1, -0.05) is 91.0 Å². The molecule has 3 heterocycles. The third kappa shape index (κ3) is 5.71. The Kier molecular flexibility index (Phi) is 7.63. The van der Waals surface area contributed by atoms with E-state index in [-0.39, 0.29) is 12.0 Å². The SMILES string of the molecule is O=C(C1CCN(c2ccc(-c3ccccc3)nn2)CC1)N1CCN(C(c2ccccc2)c2ccccc2)CC1. The Morgan fingerprint density at radius 3 is 1.74 bits per heavy atom. The molecule has 2 aliphatic heterocycles. The largest absolute Gasteiger partial charge is 0.355 e. The molecule has 6 heteroatoms. The zero-order valence-electron chi connectivity index (χ0n) is 22.3. The summed E-state index contributed by atoms with van der Waals surface area (Å²) in [5.41, 5.74) is 4.55. The fraction of sp³-hybridized carbons (Fsp3) is 0.303. The van der Waals surface area contributed by atoms with E-state index in [0.717, 1.165) is 69.2 Å². The van der Waals surface area contributed by atoms with Gasteiger partial charge in [-0.15, -0.1) is 10.2 Å². The van der Waals surface area contributed by atoms with Gasteiger partial charge in [-0.2, -0.15) is 0 Å². The van der Waals surface area contributed by atoms with Crippen LogP contribution in [0.2, 0.25) is 0 Å². The van der Waals surface area contributed by atoms with Crippen LogP contribution in [0.1, 0.15) is 30.0 Å². The van der Waals surface area contributed by atoms with E-state index in [1.165, 1.54) is 11.1 Å². The third-order valence-corrected chi connectivity index (χ3v) is 8.11. The molecular weight excluding hydrogens is 482 g/mol. The summed E-state index contributed by atoms with van der Waals surface area (Å²) in [4.78, 5) is 20.4. The van der Waals surface area contributed by atoms with Crippen LogP contribution in [-0.2, 0) is 4.79 Å². The van der Waals surface area contributed by atoms with Crippen molar-refractivity contribution in [2.45, 2.75) is 18.9 Å². The minimum Gasteiger partial charge on any atom is -0.355 e. The van der Waals surface area contributed by atoms with Crippen molar-refractivity contribution in [1.29, 1.82) is 0 Å². The molecule has 4 aromatic rings. The van der Waals surface area contributed by atoms with Crippen molar-refractivity contribution in [3.8, 4) is 11.3 Å². The molecule has 2 saturated heterocycles. The van der Waals surface area contributed by atoms with Crippen molar-refractivity contribution in [1.82, 2.24) is 20.0 Å². The van der Waals surface area contributed by atoms with Gasteiger partial charge in [0.1, 0.15) is 0 Å². The second-order valence-electron chi connectivity index (χ2n) is 10.5. The van der Waals surface area contributed by atoms with Crippen LogP contribution < -0.4 is 4.90 Å². The number of rotatable bonds is 6. The van der Waals surface area contributed by atoms with E-state index in [9.17, 15) is 4.79 Å². The summed E-state index contributed by atoms with van der Waals surface area (Å²) in [6.45, 7) is 4.98. The molecule has 198 valence electrons. The quantitative estimate of drug-likeness (QED) is 0.348. The predicted molar refractivity (Wildman–Crippen MR) is 155 cm³/mol. The topological polar surface area (TPSA) is 52.6 Å². The molecule has 0 bridgehead atoms. The van der Waals surface area contributed by atoms with Gasteiger partial charge in [0.2, 0.25) is 5.91 Å². The van der Waals surface area contributed by atoms with E-state index >= 15 is 0 Å². The van der Waals surface area contributed by atoms with E-state index in [1.54, 1.807) is 0 Å². The second kappa shape index (κ2) is 11.8. The van der Waals surface area contributed by atoms with Crippen LogP contribution in [0.4, 0.5) is 5.82 Å². The summed E-state index contributed by atoms with van der Waals surface area (Å²) in [7, 11) is 0. The van der Waals surface area contributed by atoms with Gasteiger partial charge >= 0.3 is 0 Å². The minimum absolute atomic E-state index is 0.0865. The fourth-order valence-corrected chi connectivity index (χ4v) is 5.96. The molecule has 0 N–H and O–H groups in total. The van der Waals surface area contributed by atoms with E-state index in [4.69, 9.17) is 0 Å². The summed E-state index contributed by atoms with van der Waals surface area (Å²) in [5.74, 6) is 1.29. The molecule has 3 aromatic carbocycles. The van der Waals surface area contributed by atoms with Crippen LogP contribution in [-0.4, -0.2) is 65.2 Å². The number of carbonyl (C=O) groups is 1. The number of nitrogens with zero attached hydrogens (tertiary/aromatic N) is 5. The van der Waals surface area contributed by atoms with Crippen molar-refractivity contribution >= 4 is 11.7 Å². The average Bonchev–Trinajstić information content (AvgIpc) is 3.03. The van der Waals surface area contributed by atoms with Crippen molar-refractivity contribution < 1.29 is 4.79 Å². The summed E-state index contributed by atoms with van der Waals surface area (Å²) in [6.07, 6.45) is 1.72. The Bertz CT molecular complexity index is 1290. The molecule has 0 radical (unpaired) electrons. The Balaban J connectivity index is 1.04. The molecule has 2 aliphatic rings. The first-order valence-electron chi connectivity index (χ1n) is 14.0. The van der Waals surface area contributed by atoms with Gasteiger partial charge in [0.05, 0.1) is 11.7 Å². The van der Waals surface area contributed by atoms with Crippen molar-refractivity contribution in [2.75, 3.05) is 44.2 Å². The molecular formula is C33H35N5O. The van der Waals surface area contributed by atoms with Crippen LogP contribution in [0.15, 0.2) is 103 Å². The minimum atomic E-state index is 0.0865. The normalized spacial score (nSPS) is 16.9. The van der Waals surface area contributed by atoms with Crippen LogP contribution in [0.3, 0.4) is 0 Å². The maximum Gasteiger partial charge on any atom is 0.225 e. The highest BCUT2D eigenvalue weighted by molar-refractivity contribution is 5.79. The van der Waals surface area contributed by atoms with E-state index in [1.807, 2.05) is 42.5 Å². The van der Waals surface area contributed by atoms with Gasteiger partial charge in [0.25, 0.3) is 0 Å².